The van der Waals surface area contributed by atoms with Gasteiger partial charge in [0.1, 0.15) is 6.07 Å². The number of rotatable bonds is 5. The smallest absolute Gasteiger partial charge is 0.434 e. The second kappa shape index (κ2) is 5.56. The first-order valence-electron chi connectivity index (χ1n) is 5.05. The van der Waals surface area contributed by atoms with Crippen molar-refractivity contribution in [1.82, 2.24) is 0 Å². The molecule has 0 radical (unpaired) electrons. The lowest BCUT2D eigenvalue weighted by Gasteiger charge is -2.32. The third-order valence-electron chi connectivity index (χ3n) is 1.62. The van der Waals surface area contributed by atoms with E-state index in [1.54, 1.807) is 26.6 Å². The first-order valence-corrected chi connectivity index (χ1v) is 8.46. The normalized spacial score (nSPS) is 16.6. The summed E-state index contributed by atoms with van der Waals surface area (Å²) in [5.74, 6) is 0. The van der Waals surface area contributed by atoms with E-state index in [9.17, 15) is 13.2 Å². The molecule has 17 heavy (non-hydrogen) atoms. The molecule has 0 heterocycles. The van der Waals surface area contributed by atoms with Crippen LogP contribution in [0.15, 0.2) is 12.3 Å². The molecular formula is C10H16F3NO2Si. The van der Waals surface area contributed by atoms with Gasteiger partial charge in [-0.25, -0.2) is 0 Å². The van der Waals surface area contributed by atoms with Gasteiger partial charge in [0.25, 0.3) is 5.60 Å². The van der Waals surface area contributed by atoms with Crippen LogP contribution < -0.4 is 0 Å². The van der Waals surface area contributed by atoms with Crippen LogP contribution in [-0.2, 0) is 9.16 Å². The Balaban J connectivity index is 5.27. The van der Waals surface area contributed by atoms with Crippen LogP contribution >= 0.6 is 0 Å². The van der Waals surface area contributed by atoms with Crippen LogP contribution in [0.25, 0.3) is 0 Å². The molecule has 0 amide bonds. The molecule has 0 aromatic rings. The predicted octanol–water partition coefficient (Wildman–Crippen LogP) is 3.21. The van der Waals surface area contributed by atoms with Crippen LogP contribution in [0.2, 0.25) is 19.6 Å². The fourth-order valence-electron chi connectivity index (χ4n) is 1.03. The minimum atomic E-state index is -4.80. The number of halogens is 3. The van der Waals surface area contributed by atoms with E-state index < -0.39 is 20.1 Å². The largest absolute Gasteiger partial charge is 0.502 e. The van der Waals surface area contributed by atoms with Crippen molar-refractivity contribution < 1.29 is 22.3 Å². The van der Waals surface area contributed by atoms with Crippen molar-refractivity contribution in [2.75, 3.05) is 6.61 Å². The maximum absolute atomic E-state index is 12.9. The zero-order valence-corrected chi connectivity index (χ0v) is 11.3. The molecule has 0 aliphatic heterocycles. The third kappa shape index (κ3) is 4.79. The summed E-state index contributed by atoms with van der Waals surface area (Å²) in [4.78, 5) is 0. The molecular weight excluding hydrogens is 251 g/mol. The van der Waals surface area contributed by atoms with Crippen molar-refractivity contribution in [3.05, 3.63) is 12.3 Å². The van der Waals surface area contributed by atoms with Gasteiger partial charge in [-0.15, -0.1) is 0 Å². The van der Waals surface area contributed by atoms with E-state index in [2.05, 4.69) is 0 Å². The molecule has 0 fully saturated rings. The quantitative estimate of drug-likeness (QED) is 0.567. The maximum atomic E-state index is 12.9. The molecule has 0 rings (SSSR count). The van der Waals surface area contributed by atoms with Gasteiger partial charge in [0.05, 0.1) is 12.9 Å². The highest BCUT2D eigenvalue weighted by atomic mass is 28.4. The Morgan fingerprint density at radius 2 is 1.82 bits per heavy atom. The SMILES string of the molecule is CCO/C=C/[C@@](C#N)(O[Si](C)(C)C)C(F)(F)F. The zero-order chi connectivity index (χ0) is 13.7. The topological polar surface area (TPSA) is 42.2 Å². The summed E-state index contributed by atoms with van der Waals surface area (Å²) in [6.07, 6.45) is -3.32. The number of alkyl halides is 3. The van der Waals surface area contributed by atoms with E-state index in [1.807, 2.05) is 0 Å². The van der Waals surface area contributed by atoms with Gasteiger partial charge in [0.15, 0.2) is 8.32 Å². The summed E-state index contributed by atoms with van der Waals surface area (Å²) in [5, 5.41) is 8.80. The number of hydrogen-bond acceptors (Lipinski definition) is 3. The molecule has 1 atom stereocenters. The summed E-state index contributed by atoms with van der Waals surface area (Å²) in [6.45, 7) is 6.60. The minimum absolute atomic E-state index is 0.225. The molecule has 0 aliphatic rings. The molecule has 0 aliphatic carbocycles. The number of ether oxygens (including phenoxy) is 1. The predicted molar refractivity (Wildman–Crippen MR) is 59.6 cm³/mol. The van der Waals surface area contributed by atoms with Gasteiger partial charge in [-0.1, -0.05) is 0 Å². The minimum Gasteiger partial charge on any atom is -0.502 e. The Morgan fingerprint density at radius 1 is 1.29 bits per heavy atom. The molecule has 0 bridgehead atoms. The summed E-state index contributed by atoms with van der Waals surface area (Å²) >= 11 is 0. The Bertz CT molecular complexity index is 317. The summed E-state index contributed by atoms with van der Waals surface area (Å²) in [6, 6.07) is 1.19. The fraction of sp³-hybridized carbons (Fsp3) is 0.700. The molecule has 0 aromatic carbocycles. The summed E-state index contributed by atoms with van der Waals surface area (Å²) in [5.41, 5.74) is -2.92. The van der Waals surface area contributed by atoms with Crippen LogP contribution in [-0.4, -0.2) is 26.7 Å². The van der Waals surface area contributed by atoms with Crippen molar-refractivity contribution in [2.45, 2.75) is 38.3 Å². The van der Waals surface area contributed by atoms with Crippen LogP contribution in [0.1, 0.15) is 6.92 Å². The van der Waals surface area contributed by atoms with Gasteiger partial charge in [0.2, 0.25) is 0 Å². The molecule has 3 nitrogen and oxygen atoms in total. The van der Waals surface area contributed by atoms with Gasteiger partial charge in [-0.05, 0) is 26.6 Å². The summed E-state index contributed by atoms with van der Waals surface area (Å²) in [7, 11) is -2.53. The molecule has 0 saturated heterocycles. The Kier molecular flexibility index (Phi) is 5.23. The van der Waals surface area contributed by atoms with Gasteiger partial charge >= 0.3 is 6.18 Å². The number of nitrogens with zero attached hydrogens (tertiary/aromatic N) is 1. The van der Waals surface area contributed by atoms with E-state index in [0.717, 1.165) is 6.26 Å². The molecule has 0 spiro atoms. The lowest BCUT2D eigenvalue weighted by atomic mass is 10.1. The number of nitriles is 1. The highest BCUT2D eigenvalue weighted by Gasteiger charge is 2.57. The monoisotopic (exact) mass is 267 g/mol. The highest BCUT2D eigenvalue weighted by Crippen LogP contribution is 2.36. The Morgan fingerprint density at radius 3 is 2.12 bits per heavy atom. The first-order chi connectivity index (χ1) is 7.58. The second-order valence-electron chi connectivity index (χ2n) is 4.32. The van der Waals surface area contributed by atoms with E-state index >= 15 is 0 Å². The molecule has 0 saturated carbocycles. The van der Waals surface area contributed by atoms with Crippen molar-refractivity contribution >= 4 is 8.32 Å². The third-order valence-corrected chi connectivity index (χ3v) is 2.55. The van der Waals surface area contributed by atoms with E-state index in [1.165, 1.54) is 6.07 Å². The van der Waals surface area contributed by atoms with E-state index in [-0.39, 0.29) is 6.61 Å². The Hall–Kier alpha value is -1.00. The molecule has 0 unspecified atom stereocenters. The maximum Gasteiger partial charge on any atom is 0.434 e. The van der Waals surface area contributed by atoms with Gasteiger partial charge < -0.3 is 9.16 Å². The van der Waals surface area contributed by atoms with Crippen molar-refractivity contribution in [1.29, 1.82) is 5.26 Å². The standard InChI is InChI=1S/C10H16F3NO2Si/c1-5-15-7-6-9(8-14,10(11,12)13)16-17(2,3)4/h6-7H,5H2,1-4H3/b7-6+/t9-/m0/s1. The Labute approximate surface area is 100.0 Å². The molecule has 0 N–H and O–H groups in total. The fourth-order valence-corrected chi connectivity index (χ4v) is 2.23. The first kappa shape index (κ1) is 16.0. The molecule has 7 heteroatoms. The molecule has 98 valence electrons. The van der Waals surface area contributed by atoms with Crippen molar-refractivity contribution in [3.63, 3.8) is 0 Å². The van der Waals surface area contributed by atoms with Crippen LogP contribution in [0.4, 0.5) is 13.2 Å². The van der Waals surface area contributed by atoms with Crippen molar-refractivity contribution in [2.24, 2.45) is 0 Å². The summed E-state index contributed by atoms with van der Waals surface area (Å²) < 4.78 is 48.4. The van der Waals surface area contributed by atoms with Gasteiger partial charge in [-0.3, -0.25) is 0 Å². The van der Waals surface area contributed by atoms with Crippen molar-refractivity contribution in [3.8, 4) is 6.07 Å². The van der Waals surface area contributed by atoms with Gasteiger partial charge in [0, 0.05) is 6.08 Å². The lowest BCUT2D eigenvalue weighted by molar-refractivity contribution is -0.211. The van der Waals surface area contributed by atoms with E-state index in [4.69, 9.17) is 14.4 Å². The van der Waals surface area contributed by atoms with Gasteiger partial charge in [-0.2, -0.15) is 18.4 Å². The highest BCUT2D eigenvalue weighted by molar-refractivity contribution is 6.69. The van der Waals surface area contributed by atoms with Crippen LogP contribution in [0.3, 0.4) is 0 Å². The second-order valence-corrected chi connectivity index (χ2v) is 8.75. The average molecular weight is 267 g/mol. The van der Waals surface area contributed by atoms with Crippen LogP contribution in [0, 0.1) is 11.3 Å². The molecule has 0 aromatic heterocycles. The van der Waals surface area contributed by atoms with E-state index in [0.29, 0.717) is 6.08 Å². The zero-order valence-electron chi connectivity index (χ0n) is 10.3. The van der Waals surface area contributed by atoms with Crippen LogP contribution in [0.5, 0.6) is 0 Å². The number of hydrogen-bond donors (Lipinski definition) is 0. The average Bonchev–Trinajstić information content (AvgIpc) is 2.12. The lowest BCUT2D eigenvalue weighted by Crippen LogP contribution is -2.50.